The number of hydrogen-bond donors (Lipinski definition) is 1. The standard InChI is InChI=1S/C23H20Cl2N2O6S/c1-32-18-7-9-19(10-8-18)34(30,31)27(17-5-3-4-15(24)12-17)14-22(28)26-16-6-11-21(25)20(13-16)23(29)33-2/h3-13H,14H2,1-2H3,(H,26,28). The Morgan fingerprint density at radius 3 is 2.29 bits per heavy atom. The Morgan fingerprint density at radius 2 is 1.68 bits per heavy atom. The first kappa shape index (κ1) is 25.4. The molecule has 0 saturated heterocycles. The second kappa shape index (κ2) is 10.8. The summed E-state index contributed by atoms with van der Waals surface area (Å²) in [5, 5.41) is 3.03. The van der Waals surface area contributed by atoms with Crippen molar-refractivity contribution in [3.63, 3.8) is 0 Å². The van der Waals surface area contributed by atoms with Crippen LogP contribution in [0.5, 0.6) is 5.75 Å². The molecule has 0 aliphatic carbocycles. The minimum absolute atomic E-state index is 0.0412. The van der Waals surface area contributed by atoms with E-state index in [1.54, 1.807) is 12.1 Å². The highest BCUT2D eigenvalue weighted by Crippen LogP contribution is 2.28. The molecule has 1 amide bonds. The molecular weight excluding hydrogens is 503 g/mol. The molecule has 0 bridgehead atoms. The van der Waals surface area contributed by atoms with Gasteiger partial charge in [-0.25, -0.2) is 13.2 Å². The van der Waals surface area contributed by atoms with E-state index in [-0.39, 0.29) is 26.9 Å². The summed E-state index contributed by atoms with van der Waals surface area (Å²) >= 11 is 12.1. The first-order valence-electron chi connectivity index (χ1n) is 9.76. The highest BCUT2D eigenvalue weighted by Gasteiger charge is 2.28. The predicted octanol–water partition coefficient (Wildman–Crippen LogP) is 4.62. The second-order valence-corrected chi connectivity index (χ2v) is 9.61. The molecule has 0 fully saturated rings. The Labute approximate surface area is 207 Å². The van der Waals surface area contributed by atoms with Crippen LogP contribution in [0.15, 0.2) is 71.6 Å². The van der Waals surface area contributed by atoms with Crippen molar-refractivity contribution in [1.82, 2.24) is 0 Å². The van der Waals surface area contributed by atoms with Gasteiger partial charge in [-0.15, -0.1) is 0 Å². The van der Waals surface area contributed by atoms with E-state index in [0.717, 1.165) is 4.31 Å². The zero-order chi connectivity index (χ0) is 24.9. The lowest BCUT2D eigenvalue weighted by Gasteiger charge is -2.24. The molecule has 0 aliphatic rings. The number of ether oxygens (including phenoxy) is 2. The van der Waals surface area contributed by atoms with Crippen molar-refractivity contribution in [3.8, 4) is 5.75 Å². The number of rotatable bonds is 8. The topological polar surface area (TPSA) is 102 Å². The number of halogens is 2. The maximum atomic E-state index is 13.4. The molecule has 0 spiro atoms. The Bertz CT molecular complexity index is 1310. The van der Waals surface area contributed by atoms with Gasteiger partial charge in [-0.1, -0.05) is 29.3 Å². The molecule has 0 saturated carbocycles. The monoisotopic (exact) mass is 522 g/mol. The first-order chi connectivity index (χ1) is 16.1. The Hall–Kier alpha value is -3.27. The van der Waals surface area contributed by atoms with E-state index in [1.807, 2.05) is 0 Å². The third-order valence-corrected chi connectivity index (χ3v) is 7.04. The third-order valence-electron chi connectivity index (χ3n) is 4.69. The molecule has 3 aromatic carbocycles. The molecule has 0 unspecified atom stereocenters. The summed E-state index contributed by atoms with van der Waals surface area (Å²) in [4.78, 5) is 24.7. The molecule has 0 atom stereocenters. The van der Waals surface area contributed by atoms with Crippen molar-refractivity contribution in [2.24, 2.45) is 0 Å². The number of carbonyl (C=O) groups excluding carboxylic acids is 2. The molecule has 11 heteroatoms. The van der Waals surface area contributed by atoms with Crippen LogP contribution in [0.2, 0.25) is 10.0 Å². The van der Waals surface area contributed by atoms with Crippen LogP contribution in [0, 0.1) is 0 Å². The van der Waals surface area contributed by atoms with Gasteiger partial charge in [0.25, 0.3) is 10.0 Å². The Kier molecular flexibility index (Phi) is 8.03. The minimum atomic E-state index is -4.15. The van der Waals surface area contributed by atoms with Crippen LogP contribution in [0.1, 0.15) is 10.4 Å². The predicted molar refractivity (Wildman–Crippen MR) is 130 cm³/mol. The number of benzene rings is 3. The Morgan fingerprint density at radius 1 is 0.971 bits per heavy atom. The lowest BCUT2D eigenvalue weighted by Crippen LogP contribution is -2.38. The first-order valence-corrected chi connectivity index (χ1v) is 12.0. The fourth-order valence-corrected chi connectivity index (χ4v) is 4.81. The number of methoxy groups -OCH3 is 2. The number of anilines is 2. The molecule has 0 aliphatic heterocycles. The van der Waals surface area contributed by atoms with Crippen LogP contribution in [0.25, 0.3) is 0 Å². The molecule has 1 N–H and O–H groups in total. The van der Waals surface area contributed by atoms with Gasteiger partial charge in [0.1, 0.15) is 12.3 Å². The number of amides is 1. The lowest BCUT2D eigenvalue weighted by atomic mass is 10.2. The number of carbonyl (C=O) groups is 2. The third kappa shape index (κ3) is 5.80. The molecular formula is C23H20Cl2N2O6S. The van der Waals surface area contributed by atoms with Crippen LogP contribution in [0.4, 0.5) is 11.4 Å². The van der Waals surface area contributed by atoms with Crippen LogP contribution in [0.3, 0.4) is 0 Å². The van der Waals surface area contributed by atoms with Gasteiger partial charge >= 0.3 is 5.97 Å². The number of nitrogens with one attached hydrogen (secondary N) is 1. The van der Waals surface area contributed by atoms with Crippen LogP contribution < -0.4 is 14.4 Å². The lowest BCUT2D eigenvalue weighted by molar-refractivity contribution is -0.114. The maximum absolute atomic E-state index is 13.4. The normalized spacial score (nSPS) is 10.9. The van der Waals surface area contributed by atoms with E-state index in [4.69, 9.17) is 27.9 Å². The zero-order valence-corrected chi connectivity index (χ0v) is 20.4. The van der Waals surface area contributed by atoms with E-state index in [1.165, 1.54) is 68.8 Å². The van der Waals surface area contributed by atoms with Gasteiger partial charge in [-0.05, 0) is 60.7 Å². The largest absolute Gasteiger partial charge is 0.497 e. The second-order valence-electron chi connectivity index (χ2n) is 6.90. The summed E-state index contributed by atoms with van der Waals surface area (Å²) in [6.07, 6.45) is 0. The van der Waals surface area contributed by atoms with Crippen LogP contribution in [-0.4, -0.2) is 41.1 Å². The summed E-state index contributed by atoms with van der Waals surface area (Å²) in [7, 11) is -1.48. The molecule has 178 valence electrons. The van der Waals surface area contributed by atoms with E-state index < -0.39 is 28.4 Å². The summed E-state index contributed by atoms with van der Waals surface area (Å²) in [6, 6.07) is 16.1. The molecule has 0 radical (unpaired) electrons. The van der Waals surface area contributed by atoms with E-state index in [9.17, 15) is 18.0 Å². The number of esters is 1. The molecule has 8 nitrogen and oxygen atoms in total. The highest BCUT2D eigenvalue weighted by molar-refractivity contribution is 7.92. The van der Waals surface area contributed by atoms with Crippen molar-refractivity contribution >= 4 is 56.5 Å². The molecule has 0 heterocycles. The summed E-state index contributed by atoms with van der Waals surface area (Å²) in [5.41, 5.74) is 0.493. The maximum Gasteiger partial charge on any atom is 0.339 e. The van der Waals surface area contributed by atoms with Gasteiger partial charge in [0.15, 0.2) is 0 Å². The average molecular weight is 523 g/mol. The number of hydrogen-bond acceptors (Lipinski definition) is 6. The van der Waals surface area contributed by atoms with Gasteiger partial charge in [-0.2, -0.15) is 0 Å². The minimum Gasteiger partial charge on any atom is -0.497 e. The van der Waals surface area contributed by atoms with Crippen molar-refractivity contribution in [2.45, 2.75) is 4.90 Å². The molecule has 3 aromatic rings. The zero-order valence-electron chi connectivity index (χ0n) is 18.1. The average Bonchev–Trinajstić information content (AvgIpc) is 2.83. The van der Waals surface area contributed by atoms with E-state index >= 15 is 0 Å². The summed E-state index contributed by atoms with van der Waals surface area (Å²) in [6.45, 7) is -0.565. The van der Waals surface area contributed by atoms with Crippen molar-refractivity contribution < 1.29 is 27.5 Å². The van der Waals surface area contributed by atoms with Crippen LogP contribution >= 0.6 is 23.2 Å². The van der Waals surface area contributed by atoms with Crippen molar-refractivity contribution in [3.05, 3.63) is 82.3 Å². The number of sulfonamides is 1. The highest BCUT2D eigenvalue weighted by atomic mass is 35.5. The van der Waals surface area contributed by atoms with Crippen molar-refractivity contribution in [2.75, 3.05) is 30.4 Å². The SMILES string of the molecule is COC(=O)c1cc(NC(=O)CN(c2cccc(Cl)c2)S(=O)(=O)c2ccc(OC)cc2)ccc1Cl. The van der Waals surface area contributed by atoms with Gasteiger partial charge in [0, 0.05) is 10.7 Å². The van der Waals surface area contributed by atoms with E-state index in [2.05, 4.69) is 10.1 Å². The summed E-state index contributed by atoms with van der Waals surface area (Å²) in [5.74, 6) is -0.853. The quantitative estimate of drug-likeness (QED) is 0.433. The molecule has 3 rings (SSSR count). The van der Waals surface area contributed by atoms with Gasteiger partial charge in [0.2, 0.25) is 5.91 Å². The van der Waals surface area contributed by atoms with Gasteiger partial charge in [0.05, 0.1) is 35.4 Å². The Balaban J connectivity index is 1.93. The van der Waals surface area contributed by atoms with Crippen LogP contribution in [-0.2, 0) is 19.6 Å². The smallest absolute Gasteiger partial charge is 0.339 e. The van der Waals surface area contributed by atoms with E-state index in [0.29, 0.717) is 10.8 Å². The van der Waals surface area contributed by atoms with Crippen molar-refractivity contribution in [1.29, 1.82) is 0 Å². The van der Waals surface area contributed by atoms with Gasteiger partial charge < -0.3 is 14.8 Å². The summed E-state index contributed by atoms with van der Waals surface area (Å²) < 4.78 is 37.6. The fraction of sp³-hybridized carbons (Fsp3) is 0.130. The number of nitrogens with zero attached hydrogens (tertiary/aromatic N) is 1. The molecule has 34 heavy (non-hydrogen) atoms. The molecule has 0 aromatic heterocycles. The fourth-order valence-electron chi connectivity index (χ4n) is 3.02. The van der Waals surface area contributed by atoms with Gasteiger partial charge in [-0.3, -0.25) is 9.10 Å².